The number of phenolic OH excluding ortho intramolecular Hbond substituents is 1. The Hall–Kier alpha value is -2.75. The van der Waals surface area contributed by atoms with Crippen molar-refractivity contribution < 1.29 is 14.3 Å². The number of hydrogen-bond donors (Lipinski definition) is 1. The first-order chi connectivity index (χ1) is 9.78. The van der Waals surface area contributed by atoms with E-state index in [1.165, 1.54) is 0 Å². The maximum Gasteiger partial charge on any atom is 0.135 e. The predicted molar refractivity (Wildman–Crippen MR) is 75.6 cm³/mol. The Labute approximate surface area is 116 Å². The molecule has 0 atom stereocenters. The van der Waals surface area contributed by atoms with Crippen molar-refractivity contribution in [3.05, 3.63) is 55.1 Å². The van der Waals surface area contributed by atoms with Gasteiger partial charge in [-0.2, -0.15) is 0 Å². The minimum Gasteiger partial charge on any atom is -0.508 e. The van der Waals surface area contributed by atoms with Gasteiger partial charge >= 0.3 is 0 Å². The van der Waals surface area contributed by atoms with Crippen molar-refractivity contribution in [1.29, 1.82) is 0 Å². The molecular weight excluding hydrogens is 254 g/mol. The number of benzene rings is 1. The number of methoxy groups -OCH3 is 1. The first kappa shape index (κ1) is 12.3. The molecule has 0 radical (unpaired) electrons. The van der Waals surface area contributed by atoms with Crippen LogP contribution in [0.4, 0.5) is 0 Å². The molecule has 100 valence electrons. The molecule has 0 amide bonds. The van der Waals surface area contributed by atoms with Crippen molar-refractivity contribution in [2.45, 2.75) is 0 Å². The van der Waals surface area contributed by atoms with Crippen molar-refractivity contribution in [1.82, 2.24) is 4.98 Å². The summed E-state index contributed by atoms with van der Waals surface area (Å²) < 4.78 is 10.7. The molecule has 1 N–H and O–H groups in total. The maximum atomic E-state index is 9.65. The summed E-state index contributed by atoms with van der Waals surface area (Å²) in [4.78, 5) is 4.22. The average Bonchev–Trinajstić information content (AvgIpc) is 3.01. The van der Waals surface area contributed by atoms with Gasteiger partial charge in [0, 0.05) is 29.1 Å². The van der Waals surface area contributed by atoms with Gasteiger partial charge in [-0.05, 0) is 36.4 Å². The van der Waals surface area contributed by atoms with E-state index in [4.69, 9.17) is 9.15 Å². The molecule has 3 aromatic rings. The molecule has 0 saturated carbocycles. The second kappa shape index (κ2) is 5.09. The van der Waals surface area contributed by atoms with Crippen LogP contribution in [0, 0.1) is 0 Å². The molecule has 0 aliphatic heterocycles. The fourth-order valence-electron chi connectivity index (χ4n) is 2.09. The number of rotatable bonds is 3. The third-order valence-corrected chi connectivity index (χ3v) is 3.04. The summed E-state index contributed by atoms with van der Waals surface area (Å²) in [6.07, 6.45) is 5.08. The van der Waals surface area contributed by atoms with Crippen molar-refractivity contribution in [2.24, 2.45) is 0 Å². The van der Waals surface area contributed by atoms with Gasteiger partial charge in [-0.15, -0.1) is 0 Å². The predicted octanol–water partition coefficient (Wildman–Crippen LogP) is 3.72. The first-order valence-electron chi connectivity index (χ1n) is 6.14. The Morgan fingerprint density at radius 3 is 2.70 bits per heavy atom. The largest absolute Gasteiger partial charge is 0.508 e. The molecule has 0 saturated heterocycles. The van der Waals surface area contributed by atoms with E-state index >= 15 is 0 Å². The Morgan fingerprint density at radius 1 is 1.10 bits per heavy atom. The summed E-state index contributed by atoms with van der Waals surface area (Å²) >= 11 is 0. The van der Waals surface area contributed by atoms with E-state index in [-0.39, 0.29) is 5.75 Å². The number of phenols is 1. The van der Waals surface area contributed by atoms with Crippen LogP contribution in [0.2, 0.25) is 0 Å². The number of nitrogens with zero attached hydrogens (tertiary/aromatic N) is 1. The van der Waals surface area contributed by atoms with E-state index in [0.29, 0.717) is 5.75 Å². The van der Waals surface area contributed by atoms with Crippen molar-refractivity contribution >= 4 is 0 Å². The quantitative estimate of drug-likeness (QED) is 0.785. The number of aromatic hydroxyl groups is 1. The van der Waals surface area contributed by atoms with Gasteiger partial charge < -0.3 is 14.3 Å². The van der Waals surface area contributed by atoms with Crippen molar-refractivity contribution in [3.63, 3.8) is 0 Å². The Balaban J connectivity index is 2.11. The summed E-state index contributed by atoms with van der Waals surface area (Å²) in [5.41, 5.74) is 2.51. The van der Waals surface area contributed by atoms with Gasteiger partial charge in [-0.1, -0.05) is 0 Å². The molecular formula is C16H13NO3. The Morgan fingerprint density at radius 2 is 1.95 bits per heavy atom. The molecule has 20 heavy (non-hydrogen) atoms. The highest BCUT2D eigenvalue weighted by Crippen LogP contribution is 2.34. The van der Waals surface area contributed by atoms with Crippen LogP contribution in [0.5, 0.6) is 11.5 Å². The van der Waals surface area contributed by atoms with E-state index in [0.717, 1.165) is 22.5 Å². The zero-order valence-corrected chi connectivity index (χ0v) is 10.9. The standard InChI is InChI=1S/C16H13NO3/c1-19-16-5-4-13(18)8-14(16)11-7-12(10-17-9-11)15-3-2-6-20-15/h2-10,18H,1H3. The summed E-state index contributed by atoms with van der Waals surface area (Å²) in [5.74, 6) is 1.61. The molecule has 2 heterocycles. The zero-order chi connectivity index (χ0) is 13.9. The fourth-order valence-corrected chi connectivity index (χ4v) is 2.09. The highest BCUT2D eigenvalue weighted by atomic mass is 16.5. The SMILES string of the molecule is COc1ccc(O)cc1-c1cncc(-c2ccco2)c1. The van der Waals surface area contributed by atoms with Crippen LogP contribution in [0.1, 0.15) is 0 Å². The molecule has 0 unspecified atom stereocenters. The van der Waals surface area contributed by atoms with Gasteiger partial charge in [0.1, 0.15) is 17.3 Å². The Kier molecular flexibility index (Phi) is 3.13. The van der Waals surface area contributed by atoms with Gasteiger partial charge in [-0.3, -0.25) is 4.98 Å². The van der Waals surface area contributed by atoms with Crippen LogP contribution < -0.4 is 4.74 Å². The molecule has 0 aliphatic carbocycles. The fraction of sp³-hybridized carbons (Fsp3) is 0.0625. The lowest BCUT2D eigenvalue weighted by atomic mass is 10.0. The third-order valence-electron chi connectivity index (χ3n) is 3.04. The van der Waals surface area contributed by atoms with E-state index in [2.05, 4.69) is 4.98 Å². The highest BCUT2D eigenvalue weighted by molar-refractivity contribution is 5.75. The maximum absolute atomic E-state index is 9.65. The van der Waals surface area contributed by atoms with Crippen LogP contribution in [0.25, 0.3) is 22.5 Å². The molecule has 3 rings (SSSR count). The molecule has 0 bridgehead atoms. The molecule has 1 aromatic carbocycles. The van der Waals surface area contributed by atoms with Gasteiger partial charge in [0.25, 0.3) is 0 Å². The minimum absolute atomic E-state index is 0.184. The molecule has 0 aliphatic rings. The van der Waals surface area contributed by atoms with Crippen molar-refractivity contribution in [3.8, 4) is 33.9 Å². The molecule has 4 heteroatoms. The van der Waals surface area contributed by atoms with Crippen LogP contribution in [-0.4, -0.2) is 17.2 Å². The smallest absolute Gasteiger partial charge is 0.135 e. The number of furan rings is 1. The summed E-state index contributed by atoms with van der Waals surface area (Å²) in [7, 11) is 1.60. The van der Waals surface area contributed by atoms with Crippen LogP contribution in [-0.2, 0) is 0 Å². The lowest BCUT2D eigenvalue weighted by Crippen LogP contribution is -1.89. The monoisotopic (exact) mass is 267 g/mol. The van der Waals surface area contributed by atoms with Gasteiger partial charge in [-0.25, -0.2) is 0 Å². The normalized spacial score (nSPS) is 10.4. The lowest BCUT2D eigenvalue weighted by Gasteiger charge is -2.09. The summed E-state index contributed by atoms with van der Waals surface area (Å²) in [5, 5.41) is 9.65. The number of aromatic nitrogens is 1. The highest BCUT2D eigenvalue weighted by Gasteiger charge is 2.09. The second-order valence-corrected chi connectivity index (χ2v) is 4.32. The molecule has 4 nitrogen and oxygen atoms in total. The third kappa shape index (κ3) is 2.23. The number of pyridine rings is 1. The summed E-state index contributed by atoms with van der Waals surface area (Å²) in [6.45, 7) is 0. The van der Waals surface area contributed by atoms with E-state index < -0.39 is 0 Å². The van der Waals surface area contributed by atoms with E-state index in [9.17, 15) is 5.11 Å². The zero-order valence-electron chi connectivity index (χ0n) is 10.9. The van der Waals surface area contributed by atoms with Gasteiger partial charge in [0.15, 0.2) is 0 Å². The Bertz CT molecular complexity index is 720. The molecule has 0 spiro atoms. The lowest BCUT2D eigenvalue weighted by molar-refractivity contribution is 0.414. The van der Waals surface area contributed by atoms with Gasteiger partial charge in [0.05, 0.1) is 13.4 Å². The van der Waals surface area contributed by atoms with Crippen LogP contribution >= 0.6 is 0 Å². The van der Waals surface area contributed by atoms with Crippen LogP contribution in [0.15, 0.2) is 59.5 Å². The van der Waals surface area contributed by atoms with Gasteiger partial charge in [0.2, 0.25) is 0 Å². The van der Waals surface area contributed by atoms with Crippen molar-refractivity contribution in [2.75, 3.05) is 7.11 Å². The van der Waals surface area contributed by atoms with E-state index in [1.807, 2.05) is 18.2 Å². The minimum atomic E-state index is 0.184. The first-order valence-corrected chi connectivity index (χ1v) is 6.14. The molecule has 2 aromatic heterocycles. The topological polar surface area (TPSA) is 55.5 Å². The molecule has 0 fully saturated rings. The second-order valence-electron chi connectivity index (χ2n) is 4.32. The van der Waals surface area contributed by atoms with Crippen LogP contribution in [0.3, 0.4) is 0 Å². The summed E-state index contributed by atoms with van der Waals surface area (Å²) in [6, 6.07) is 10.6. The van der Waals surface area contributed by atoms with E-state index in [1.54, 1.807) is 44.0 Å². The number of ether oxygens (including phenoxy) is 1. The average molecular weight is 267 g/mol. The number of hydrogen-bond acceptors (Lipinski definition) is 4.